The summed E-state index contributed by atoms with van der Waals surface area (Å²) >= 11 is 0. The standard InChI is InChI=1S/C107H182O16P2/c1-4-7-10-13-16-19-22-25-28-31-34-37-40-43-46-47-48-49-50-51-52-53-56-58-60-63-66-69-72-75-78-81-84-87-90-93-105(110)117-96-102(108)97-119-124(113,114)120-98-103(109)99-121-125(115,116)122-101-104(123-107(112)95-92-89-86-83-80-77-74-71-68-65-62-59-55-45-42-39-36-33-30-27-24-21-18-15-12-9-6-3)100-118-106(111)94-91-88-85-82-79-76-73-70-67-64-61-57-54-44-41-38-35-32-29-26-23-20-17-14-11-8-5-2/h7-8,10-11,16-21,25-30,34-39,43-46,54-55,61,64,102-104,108-109H,4-6,9,12-15,22-24,31-33,40-42,47-53,56-60,62-63,65-101H2,1-3H3,(H,113,114)(H,115,116)/b10-7-,11-8-,19-16-,20-17-,21-18-,28-25-,29-26-,30-27-,37-34-,38-35-,39-36-,46-43-,54-44-,55-45-,64-61-. The fraction of sp³-hybridized carbons (Fsp3) is 0.692. The van der Waals surface area contributed by atoms with Gasteiger partial charge in [-0.3, -0.25) is 32.5 Å². The van der Waals surface area contributed by atoms with Gasteiger partial charge in [0.1, 0.15) is 25.4 Å². The van der Waals surface area contributed by atoms with Gasteiger partial charge < -0.3 is 34.2 Å². The maximum Gasteiger partial charge on any atom is 0.472 e. The normalized spacial score (nSPS) is 14.5. The highest BCUT2D eigenvalue weighted by Gasteiger charge is 2.30. The molecule has 125 heavy (non-hydrogen) atoms. The number of esters is 3. The summed E-state index contributed by atoms with van der Waals surface area (Å²) in [5.41, 5.74) is 0. The van der Waals surface area contributed by atoms with E-state index in [1.807, 2.05) is 0 Å². The Morgan fingerprint density at radius 1 is 0.232 bits per heavy atom. The Morgan fingerprint density at radius 3 is 0.672 bits per heavy atom. The number of carbonyl (C=O) groups excluding carboxylic acids is 3. The van der Waals surface area contributed by atoms with Crippen LogP contribution in [0.3, 0.4) is 0 Å². The lowest BCUT2D eigenvalue weighted by molar-refractivity contribution is -0.161. The number of rotatable bonds is 94. The number of ether oxygens (including phenoxy) is 3. The third kappa shape index (κ3) is 99.1. The van der Waals surface area contributed by atoms with Crippen LogP contribution in [0.5, 0.6) is 0 Å². The van der Waals surface area contributed by atoms with E-state index in [1.165, 1.54) is 180 Å². The minimum Gasteiger partial charge on any atom is -0.463 e. The van der Waals surface area contributed by atoms with Crippen LogP contribution >= 0.6 is 15.6 Å². The summed E-state index contributed by atoms with van der Waals surface area (Å²) in [7, 11) is -9.82. The summed E-state index contributed by atoms with van der Waals surface area (Å²) in [5, 5.41) is 20.8. The summed E-state index contributed by atoms with van der Waals surface area (Å²) in [6.07, 6.45) is 129. The number of hydrogen-bond donors (Lipinski definition) is 4. The van der Waals surface area contributed by atoms with E-state index in [4.69, 9.17) is 32.3 Å². The second-order valence-electron chi connectivity index (χ2n) is 33.2. The molecule has 16 nitrogen and oxygen atoms in total. The fourth-order valence-electron chi connectivity index (χ4n) is 13.6. The molecule has 0 aliphatic heterocycles. The molecule has 0 rings (SSSR count). The van der Waals surface area contributed by atoms with Crippen molar-refractivity contribution >= 4 is 33.6 Å². The molecule has 0 heterocycles. The Labute approximate surface area is 764 Å². The maximum absolute atomic E-state index is 13.1. The van der Waals surface area contributed by atoms with Gasteiger partial charge in [-0.2, -0.15) is 0 Å². The van der Waals surface area contributed by atoms with Gasteiger partial charge in [-0.15, -0.1) is 0 Å². The van der Waals surface area contributed by atoms with Crippen molar-refractivity contribution in [3.63, 3.8) is 0 Å². The molecule has 716 valence electrons. The van der Waals surface area contributed by atoms with Crippen molar-refractivity contribution in [1.82, 2.24) is 0 Å². The molecule has 0 aromatic heterocycles. The molecule has 0 saturated carbocycles. The zero-order valence-electron chi connectivity index (χ0n) is 79.2. The van der Waals surface area contributed by atoms with Crippen molar-refractivity contribution in [2.24, 2.45) is 0 Å². The molecular weight excluding hydrogens is 1600 g/mol. The molecule has 0 fully saturated rings. The molecule has 0 aromatic rings. The molecule has 4 N–H and O–H groups in total. The van der Waals surface area contributed by atoms with E-state index >= 15 is 0 Å². The van der Waals surface area contributed by atoms with E-state index in [2.05, 4.69) is 203 Å². The lowest BCUT2D eigenvalue weighted by Gasteiger charge is -2.21. The average molecular weight is 1790 g/mol. The molecule has 18 heteroatoms. The van der Waals surface area contributed by atoms with Crippen LogP contribution in [0.1, 0.15) is 419 Å². The van der Waals surface area contributed by atoms with Gasteiger partial charge in [0.05, 0.1) is 26.4 Å². The molecule has 0 aliphatic rings. The molecule has 5 unspecified atom stereocenters. The fourth-order valence-corrected chi connectivity index (χ4v) is 15.2. The molecule has 0 amide bonds. The van der Waals surface area contributed by atoms with Crippen molar-refractivity contribution in [2.45, 2.75) is 437 Å². The van der Waals surface area contributed by atoms with E-state index in [0.29, 0.717) is 19.3 Å². The number of carbonyl (C=O) groups is 3. The highest BCUT2D eigenvalue weighted by atomic mass is 31.2. The molecule has 0 aliphatic carbocycles. The van der Waals surface area contributed by atoms with Crippen LogP contribution in [0.15, 0.2) is 182 Å². The largest absolute Gasteiger partial charge is 0.472 e. The van der Waals surface area contributed by atoms with Gasteiger partial charge in [0.15, 0.2) is 6.10 Å². The number of aliphatic hydroxyl groups excluding tert-OH is 2. The first-order chi connectivity index (χ1) is 61.2. The van der Waals surface area contributed by atoms with Crippen LogP contribution in [0.4, 0.5) is 0 Å². The van der Waals surface area contributed by atoms with Crippen LogP contribution in [0, 0.1) is 0 Å². The summed E-state index contributed by atoms with van der Waals surface area (Å²) in [4.78, 5) is 59.2. The minimum atomic E-state index is -4.95. The van der Waals surface area contributed by atoms with Gasteiger partial charge in [0.2, 0.25) is 0 Å². The van der Waals surface area contributed by atoms with Gasteiger partial charge in [-0.1, -0.05) is 421 Å². The minimum absolute atomic E-state index is 0.0941. The lowest BCUT2D eigenvalue weighted by atomic mass is 10.0. The smallest absolute Gasteiger partial charge is 0.463 e. The van der Waals surface area contributed by atoms with Gasteiger partial charge in [-0.25, -0.2) is 9.13 Å². The number of phosphoric acid groups is 2. The molecular formula is C107H182O16P2. The quantitative estimate of drug-likeness (QED) is 0.0146. The van der Waals surface area contributed by atoms with Gasteiger partial charge in [-0.05, 0) is 161 Å². The topological polar surface area (TPSA) is 231 Å². The zero-order chi connectivity index (χ0) is 90.7. The Morgan fingerprint density at radius 2 is 0.424 bits per heavy atom. The maximum atomic E-state index is 13.1. The number of hydrogen-bond acceptors (Lipinski definition) is 14. The summed E-state index contributed by atoms with van der Waals surface area (Å²) in [6, 6.07) is 0. The average Bonchev–Trinajstić information content (AvgIpc) is 0.886. The van der Waals surface area contributed by atoms with Crippen LogP contribution in [0.25, 0.3) is 0 Å². The first-order valence-electron chi connectivity index (χ1n) is 50.1. The number of aliphatic hydroxyl groups is 2. The SMILES string of the molecule is CC/C=C\C/C=C\C/C=C\C/C=C\C/C=C\C/C=C\CCCCCCCCCCC(=O)OCC(COP(=O)(O)OCC(O)COP(=O)(O)OCC(O)COC(=O)CCCCCCCCCCCCCCCCCCCCC/C=C\C/C=C\C/C=C\C/C=C\C/C=C\CC)OC(=O)CCCCCCCCCCCCC/C=C\C/C=C\C/C=C\C/C=C\CCCCC. The van der Waals surface area contributed by atoms with E-state index in [1.54, 1.807) is 0 Å². The highest BCUT2D eigenvalue weighted by Crippen LogP contribution is 2.45. The van der Waals surface area contributed by atoms with E-state index < -0.39 is 91.5 Å². The highest BCUT2D eigenvalue weighted by molar-refractivity contribution is 7.47. The Bertz CT molecular complexity index is 3000. The lowest BCUT2D eigenvalue weighted by Crippen LogP contribution is -2.30. The van der Waals surface area contributed by atoms with Crippen molar-refractivity contribution < 1.29 is 75.8 Å². The van der Waals surface area contributed by atoms with Gasteiger partial charge in [0.25, 0.3) is 0 Å². The zero-order valence-corrected chi connectivity index (χ0v) is 81.0. The summed E-state index contributed by atoms with van der Waals surface area (Å²) in [5.74, 6) is -1.58. The molecule has 0 spiro atoms. The third-order valence-electron chi connectivity index (χ3n) is 21.1. The van der Waals surface area contributed by atoms with Gasteiger partial charge >= 0.3 is 33.6 Å². The van der Waals surface area contributed by atoms with Crippen molar-refractivity contribution in [3.8, 4) is 0 Å². The number of phosphoric ester groups is 2. The summed E-state index contributed by atoms with van der Waals surface area (Å²) < 4.78 is 61.6. The van der Waals surface area contributed by atoms with Crippen LogP contribution in [-0.2, 0) is 55.8 Å². The van der Waals surface area contributed by atoms with Crippen molar-refractivity contribution in [3.05, 3.63) is 182 Å². The summed E-state index contributed by atoms with van der Waals surface area (Å²) in [6.45, 7) is 2.47. The van der Waals surface area contributed by atoms with Crippen LogP contribution in [-0.4, -0.2) is 95.9 Å². The Kier molecular flexibility index (Phi) is 93.5. The molecule has 0 saturated heterocycles. The van der Waals surface area contributed by atoms with Crippen LogP contribution < -0.4 is 0 Å². The van der Waals surface area contributed by atoms with Crippen LogP contribution in [0.2, 0.25) is 0 Å². The molecule has 5 atom stereocenters. The Balaban J connectivity index is 4.59. The second kappa shape index (κ2) is 97.7. The van der Waals surface area contributed by atoms with Gasteiger partial charge in [0, 0.05) is 19.3 Å². The predicted molar refractivity (Wildman–Crippen MR) is 528 cm³/mol. The predicted octanol–water partition coefficient (Wildman–Crippen LogP) is 31.6. The first kappa shape index (κ1) is 120. The monoisotopic (exact) mass is 1790 g/mol. The number of allylic oxidation sites excluding steroid dienone is 30. The van der Waals surface area contributed by atoms with E-state index in [0.717, 1.165) is 180 Å². The van der Waals surface area contributed by atoms with E-state index in [9.17, 15) is 43.5 Å². The molecule has 0 aromatic carbocycles. The second-order valence-corrected chi connectivity index (χ2v) is 36.1. The first-order valence-corrected chi connectivity index (χ1v) is 53.1. The molecule has 0 bridgehead atoms. The van der Waals surface area contributed by atoms with Crippen molar-refractivity contribution in [1.29, 1.82) is 0 Å². The Hall–Kier alpha value is -5.35. The third-order valence-corrected chi connectivity index (χ3v) is 23.0. The number of unbranched alkanes of at least 4 members (excludes halogenated alkanes) is 41. The van der Waals surface area contributed by atoms with E-state index in [-0.39, 0.29) is 19.3 Å². The molecule has 0 radical (unpaired) electrons. The van der Waals surface area contributed by atoms with Crippen molar-refractivity contribution in [2.75, 3.05) is 39.6 Å².